The minimum Gasteiger partial charge on any atom is -0.330 e. The van der Waals surface area contributed by atoms with Gasteiger partial charge in [0.1, 0.15) is 5.01 Å². The first-order chi connectivity index (χ1) is 7.69. The van der Waals surface area contributed by atoms with Gasteiger partial charge in [-0.15, -0.1) is 10.2 Å². The van der Waals surface area contributed by atoms with Crippen LogP contribution in [0.25, 0.3) is 0 Å². The molecule has 4 nitrogen and oxygen atoms in total. The third-order valence-electron chi connectivity index (χ3n) is 2.05. The van der Waals surface area contributed by atoms with Crippen LogP contribution in [0.3, 0.4) is 0 Å². The van der Waals surface area contributed by atoms with E-state index >= 15 is 0 Å². The number of aryl methyl sites for hydroxylation is 1. The molecule has 84 valence electrons. The average Bonchev–Trinajstić information content (AvgIpc) is 2.71. The Morgan fingerprint density at radius 1 is 1.44 bits per heavy atom. The van der Waals surface area contributed by atoms with E-state index in [2.05, 4.69) is 31.4 Å². The summed E-state index contributed by atoms with van der Waals surface area (Å²) in [4.78, 5) is 0. The molecule has 0 bridgehead atoms. The van der Waals surface area contributed by atoms with Crippen molar-refractivity contribution in [2.75, 3.05) is 5.32 Å². The highest BCUT2D eigenvalue weighted by atomic mass is 79.9. The van der Waals surface area contributed by atoms with E-state index in [-0.39, 0.29) is 0 Å². The van der Waals surface area contributed by atoms with Crippen molar-refractivity contribution in [1.29, 1.82) is 0 Å². The molecule has 3 N–H and O–H groups in total. The van der Waals surface area contributed by atoms with Gasteiger partial charge in [-0.25, -0.2) is 0 Å². The molecular formula is C10H11BrN4S. The molecule has 0 aliphatic heterocycles. The van der Waals surface area contributed by atoms with E-state index in [4.69, 9.17) is 5.73 Å². The molecule has 0 unspecified atom stereocenters. The summed E-state index contributed by atoms with van der Waals surface area (Å²) >= 11 is 4.93. The van der Waals surface area contributed by atoms with Crippen molar-refractivity contribution in [3.05, 3.63) is 33.2 Å². The molecule has 2 rings (SSSR count). The van der Waals surface area contributed by atoms with Crippen LogP contribution in [0.15, 0.2) is 22.7 Å². The molecule has 0 fully saturated rings. The molecule has 0 radical (unpaired) electrons. The van der Waals surface area contributed by atoms with Crippen LogP contribution in [0, 0.1) is 6.92 Å². The number of nitrogens with two attached hydrogens (primary N) is 1. The lowest BCUT2D eigenvalue weighted by atomic mass is 10.2. The Morgan fingerprint density at radius 2 is 2.25 bits per heavy atom. The van der Waals surface area contributed by atoms with Gasteiger partial charge in [-0.05, 0) is 30.7 Å². The van der Waals surface area contributed by atoms with Crippen LogP contribution < -0.4 is 11.1 Å². The van der Waals surface area contributed by atoms with Gasteiger partial charge in [0.25, 0.3) is 0 Å². The van der Waals surface area contributed by atoms with Crippen LogP contribution >= 0.6 is 27.3 Å². The van der Waals surface area contributed by atoms with Crippen LogP contribution in [0.2, 0.25) is 0 Å². The molecule has 16 heavy (non-hydrogen) atoms. The Balaban J connectivity index is 2.17. The molecular weight excluding hydrogens is 288 g/mol. The second-order valence-corrected chi connectivity index (χ2v) is 5.21. The largest absolute Gasteiger partial charge is 0.330 e. The monoisotopic (exact) mass is 298 g/mol. The number of halogens is 1. The van der Waals surface area contributed by atoms with Crippen LogP contribution in [-0.2, 0) is 6.54 Å². The average molecular weight is 299 g/mol. The fraction of sp³-hybridized carbons (Fsp3) is 0.200. The van der Waals surface area contributed by atoms with Gasteiger partial charge < -0.3 is 11.1 Å². The number of rotatable bonds is 3. The van der Waals surface area contributed by atoms with Gasteiger partial charge in [-0.3, -0.25) is 0 Å². The first kappa shape index (κ1) is 11.5. The van der Waals surface area contributed by atoms with E-state index in [1.807, 2.05) is 25.1 Å². The van der Waals surface area contributed by atoms with Crippen LogP contribution in [-0.4, -0.2) is 10.2 Å². The summed E-state index contributed by atoms with van der Waals surface area (Å²) in [5, 5.41) is 12.7. The zero-order chi connectivity index (χ0) is 11.5. The summed E-state index contributed by atoms with van der Waals surface area (Å²) in [6.07, 6.45) is 0. The SMILES string of the molecule is Cc1cc(Nc2nnc(CN)s2)ccc1Br. The molecule has 1 aromatic carbocycles. The third kappa shape index (κ3) is 2.58. The number of hydrogen-bond donors (Lipinski definition) is 2. The summed E-state index contributed by atoms with van der Waals surface area (Å²) in [7, 11) is 0. The minimum absolute atomic E-state index is 0.429. The number of benzene rings is 1. The lowest BCUT2D eigenvalue weighted by Crippen LogP contribution is -1.94. The Hall–Kier alpha value is -0.980. The third-order valence-corrected chi connectivity index (χ3v) is 3.80. The fourth-order valence-corrected chi connectivity index (χ4v) is 2.12. The van der Waals surface area contributed by atoms with E-state index in [9.17, 15) is 0 Å². The molecule has 1 heterocycles. The van der Waals surface area contributed by atoms with E-state index in [0.717, 1.165) is 20.3 Å². The predicted octanol–water partition coefficient (Wildman–Crippen LogP) is 2.81. The van der Waals surface area contributed by atoms with Crippen LogP contribution in [0.1, 0.15) is 10.6 Å². The molecule has 6 heteroatoms. The first-order valence-corrected chi connectivity index (χ1v) is 6.35. The van der Waals surface area contributed by atoms with E-state index in [1.54, 1.807) is 0 Å². The maximum Gasteiger partial charge on any atom is 0.210 e. The highest BCUT2D eigenvalue weighted by molar-refractivity contribution is 9.10. The van der Waals surface area contributed by atoms with Crippen molar-refractivity contribution < 1.29 is 0 Å². The highest BCUT2D eigenvalue weighted by Gasteiger charge is 2.03. The van der Waals surface area contributed by atoms with E-state index in [1.165, 1.54) is 16.9 Å². The lowest BCUT2D eigenvalue weighted by molar-refractivity contribution is 0.960. The summed E-state index contributed by atoms with van der Waals surface area (Å²) in [5.74, 6) is 0. The van der Waals surface area contributed by atoms with Crippen molar-refractivity contribution in [2.45, 2.75) is 13.5 Å². The molecule has 0 spiro atoms. The standard InChI is InChI=1S/C10H11BrN4S/c1-6-4-7(2-3-8(6)11)13-10-15-14-9(5-12)16-10/h2-4H,5,12H2,1H3,(H,13,15). The summed E-state index contributed by atoms with van der Waals surface area (Å²) < 4.78 is 1.10. The first-order valence-electron chi connectivity index (χ1n) is 4.74. The van der Waals surface area contributed by atoms with Gasteiger partial charge in [0.2, 0.25) is 5.13 Å². The Morgan fingerprint density at radius 3 is 2.88 bits per heavy atom. The van der Waals surface area contributed by atoms with Gasteiger partial charge in [0.05, 0.1) is 0 Å². The molecule has 0 saturated carbocycles. The van der Waals surface area contributed by atoms with Gasteiger partial charge in [0.15, 0.2) is 0 Å². The Kier molecular flexibility index (Phi) is 3.52. The van der Waals surface area contributed by atoms with Crippen molar-refractivity contribution in [3.63, 3.8) is 0 Å². The molecule has 1 aromatic heterocycles. The maximum absolute atomic E-state index is 5.47. The lowest BCUT2D eigenvalue weighted by Gasteiger charge is -2.04. The summed E-state index contributed by atoms with van der Waals surface area (Å²) in [5.41, 5.74) is 7.65. The summed E-state index contributed by atoms with van der Waals surface area (Å²) in [6.45, 7) is 2.47. The van der Waals surface area contributed by atoms with Crippen molar-refractivity contribution in [1.82, 2.24) is 10.2 Å². The zero-order valence-corrected chi connectivity index (χ0v) is 11.1. The predicted molar refractivity (Wildman–Crippen MR) is 70.0 cm³/mol. The molecule has 0 saturated heterocycles. The smallest absolute Gasteiger partial charge is 0.210 e. The second kappa shape index (κ2) is 4.90. The quantitative estimate of drug-likeness (QED) is 0.914. The van der Waals surface area contributed by atoms with Gasteiger partial charge in [0, 0.05) is 16.7 Å². The number of nitrogens with one attached hydrogen (secondary N) is 1. The minimum atomic E-state index is 0.429. The van der Waals surface area contributed by atoms with E-state index in [0.29, 0.717) is 6.54 Å². The van der Waals surface area contributed by atoms with Crippen molar-refractivity contribution in [3.8, 4) is 0 Å². The molecule has 2 aromatic rings. The normalized spacial score (nSPS) is 10.4. The van der Waals surface area contributed by atoms with E-state index < -0.39 is 0 Å². The number of aromatic nitrogens is 2. The van der Waals surface area contributed by atoms with Crippen molar-refractivity contribution >= 4 is 38.1 Å². The molecule has 0 aliphatic rings. The van der Waals surface area contributed by atoms with Gasteiger partial charge in [-0.2, -0.15) is 0 Å². The number of anilines is 2. The maximum atomic E-state index is 5.47. The fourth-order valence-electron chi connectivity index (χ4n) is 1.23. The topological polar surface area (TPSA) is 63.8 Å². The number of hydrogen-bond acceptors (Lipinski definition) is 5. The van der Waals surface area contributed by atoms with Crippen LogP contribution in [0.4, 0.5) is 10.8 Å². The highest BCUT2D eigenvalue weighted by Crippen LogP contribution is 2.24. The molecule has 0 aliphatic carbocycles. The number of nitrogens with zero attached hydrogens (tertiary/aromatic N) is 2. The molecule has 0 amide bonds. The van der Waals surface area contributed by atoms with Crippen molar-refractivity contribution in [2.24, 2.45) is 5.73 Å². The zero-order valence-electron chi connectivity index (χ0n) is 8.70. The van der Waals surface area contributed by atoms with Crippen LogP contribution in [0.5, 0.6) is 0 Å². The molecule has 0 atom stereocenters. The second-order valence-electron chi connectivity index (χ2n) is 3.29. The summed E-state index contributed by atoms with van der Waals surface area (Å²) in [6, 6.07) is 6.04. The van der Waals surface area contributed by atoms with Gasteiger partial charge >= 0.3 is 0 Å². The Labute approximate surface area is 106 Å². The Bertz CT molecular complexity index is 497. The van der Waals surface area contributed by atoms with Gasteiger partial charge in [-0.1, -0.05) is 27.3 Å².